The fourth-order valence-corrected chi connectivity index (χ4v) is 4.92. The van der Waals surface area contributed by atoms with E-state index in [9.17, 15) is 19.5 Å². The van der Waals surface area contributed by atoms with Crippen LogP contribution in [0.1, 0.15) is 56.1 Å². The van der Waals surface area contributed by atoms with Crippen molar-refractivity contribution in [2.24, 2.45) is 11.8 Å². The second-order valence-electron chi connectivity index (χ2n) is 9.22. The van der Waals surface area contributed by atoms with E-state index in [1.165, 1.54) is 0 Å². The maximum Gasteiger partial charge on any atom is 0.407 e. The molecule has 2 aromatic carbocycles. The molecule has 7 nitrogen and oxygen atoms in total. The predicted octanol–water partition coefficient (Wildman–Crippen LogP) is 4.31. The van der Waals surface area contributed by atoms with Crippen LogP contribution in [-0.2, 0) is 14.3 Å². The van der Waals surface area contributed by atoms with E-state index in [1.54, 1.807) is 0 Å². The average Bonchev–Trinajstić information content (AvgIpc) is 3.12. The Morgan fingerprint density at radius 2 is 1.65 bits per heavy atom. The van der Waals surface area contributed by atoms with Crippen molar-refractivity contribution < 1.29 is 24.2 Å². The molecular formula is C27H32N2O5. The molecule has 0 radical (unpaired) electrons. The Kier molecular flexibility index (Phi) is 7.50. The van der Waals surface area contributed by atoms with E-state index in [-0.39, 0.29) is 43.4 Å². The van der Waals surface area contributed by atoms with Crippen molar-refractivity contribution >= 4 is 18.0 Å². The molecule has 1 fully saturated rings. The number of carboxylic acid groups (broad SMARTS) is 1. The van der Waals surface area contributed by atoms with Gasteiger partial charge in [-0.2, -0.15) is 0 Å². The first-order valence-electron chi connectivity index (χ1n) is 12.1. The minimum absolute atomic E-state index is 0.0269. The number of benzene rings is 2. The molecule has 2 aliphatic rings. The van der Waals surface area contributed by atoms with E-state index in [2.05, 4.69) is 34.9 Å². The third kappa shape index (κ3) is 5.24. The Balaban J connectivity index is 1.27. The molecule has 0 spiro atoms. The number of fused-ring (bicyclic) bond motifs is 3. The zero-order chi connectivity index (χ0) is 24.1. The van der Waals surface area contributed by atoms with Crippen LogP contribution in [0.15, 0.2) is 48.5 Å². The van der Waals surface area contributed by atoms with E-state index >= 15 is 0 Å². The van der Waals surface area contributed by atoms with Crippen LogP contribution in [0.4, 0.5) is 4.79 Å². The molecule has 2 aromatic rings. The van der Waals surface area contributed by atoms with Gasteiger partial charge in [0.1, 0.15) is 6.61 Å². The van der Waals surface area contributed by atoms with Gasteiger partial charge in [0.15, 0.2) is 0 Å². The molecule has 4 rings (SSSR count). The summed E-state index contributed by atoms with van der Waals surface area (Å²) < 4.78 is 5.58. The minimum atomic E-state index is -0.867. The molecule has 3 N–H and O–H groups in total. The molecule has 2 aliphatic carbocycles. The molecule has 0 aromatic heterocycles. The largest absolute Gasteiger partial charge is 0.481 e. The Labute approximate surface area is 199 Å². The number of nitrogens with one attached hydrogen (secondary N) is 2. The number of hydrogen-bond acceptors (Lipinski definition) is 4. The highest BCUT2D eigenvalue weighted by atomic mass is 16.5. The first-order valence-corrected chi connectivity index (χ1v) is 12.1. The van der Waals surface area contributed by atoms with Gasteiger partial charge in [-0.15, -0.1) is 0 Å². The predicted molar refractivity (Wildman–Crippen MR) is 128 cm³/mol. The van der Waals surface area contributed by atoms with E-state index in [0.717, 1.165) is 41.5 Å². The lowest BCUT2D eigenvalue weighted by Gasteiger charge is -2.31. The van der Waals surface area contributed by atoms with Crippen molar-refractivity contribution in [1.29, 1.82) is 0 Å². The summed E-state index contributed by atoms with van der Waals surface area (Å²) in [7, 11) is 0. The number of alkyl carbamates (subject to hydrolysis) is 1. The summed E-state index contributed by atoms with van der Waals surface area (Å²) in [5.41, 5.74) is 4.61. The van der Waals surface area contributed by atoms with Crippen LogP contribution >= 0.6 is 0 Å². The van der Waals surface area contributed by atoms with Gasteiger partial charge in [-0.05, 0) is 47.4 Å². The van der Waals surface area contributed by atoms with Crippen molar-refractivity contribution in [3.63, 3.8) is 0 Å². The van der Waals surface area contributed by atoms with Gasteiger partial charge in [-0.1, -0.05) is 61.9 Å². The van der Waals surface area contributed by atoms with Crippen LogP contribution in [0, 0.1) is 11.8 Å². The van der Waals surface area contributed by atoms with Crippen molar-refractivity contribution in [2.45, 2.75) is 51.0 Å². The molecule has 180 valence electrons. The van der Waals surface area contributed by atoms with E-state index in [0.29, 0.717) is 6.42 Å². The average molecular weight is 465 g/mol. The summed E-state index contributed by atoms with van der Waals surface area (Å²) in [5, 5.41) is 14.9. The smallest absolute Gasteiger partial charge is 0.407 e. The van der Waals surface area contributed by atoms with Gasteiger partial charge in [0.05, 0.1) is 5.92 Å². The molecule has 2 amide bonds. The maximum atomic E-state index is 12.5. The Hall–Kier alpha value is -3.35. The Morgan fingerprint density at radius 3 is 2.18 bits per heavy atom. The summed E-state index contributed by atoms with van der Waals surface area (Å²) >= 11 is 0. The lowest BCUT2D eigenvalue weighted by molar-refractivity contribution is -0.144. The first kappa shape index (κ1) is 23.8. The number of carboxylic acids is 1. The monoisotopic (exact) mass is 464 g/mol. The molecule has 1 saturated carbocycles. The summed E-state index contributed by atoms with van der Waals surface area (Å²) in [6, 6.07) is 15.9. The first-order chi connectivity index (χ1) is 16.5. The third-order valence-electron chi connectivity index (χ3n) is 7.15. The van der Waals surface area contributed by atoms with Gasteiger partial charge in [0.25, 0.3) is 0 Å². The molecule has 0 bridgehead atoms. The van der Waals surface area contributed by atoms with Crippen LogP contribution in [0.2, 0.25) is 0 Å². The molecule has 7 heteroatoms. The fraction of sp³-hybridized carbons (Fsp3) is 0.444. The van der Waals surface area contributed by atoms with Crippen molar-refractivity contribution in [1.82, 2.24) is 10.6 Å². The van der Waals surface area contributed by atoms with E-state index < -0.39 is 18.0 Å². The summed E-state index contributed by atoms with van der Waals surface area (Å²) in [6.45, 7) is 2.22. The second-order valence-corrected chi connectivity index (χ2v) is 9.22. The molecule has 0 heterocycles. The number of amides is 2. The van der Waals surface area contributed by atoms with Gasteiger partial charge in [0, 0.05) is 24.9 Å². The lowest BCUT2D eigenvalue weighted by atomic mass is 9.76. The van der Waals surface area contributed by atoms with Crippen molar-refractivity contribution in [3.8, 4) is 11.1 Å². The topological polar surface area (TPSA) is 105 Å². The lowest BCUT2D eigenvalue weighted by Crippen LogP contribution is -2.42. The summed E-state index contributed by atoms with van der Waals surface area (Å²) in [4.78, 5) is 36.4. The molecule has 2 atom stereocenters. The van der Waals surface area contributed by atoms with Gasteiger partial charge >= 0.3 is 12.1 Å². The van der Waals surface area contributed by atoms with Crippen LogP contribution in [0.25, 0.3) is 11.1 Å². The molecule has 34 heavy (non-hydrogen) atoms. The van der Waals surface area contributed by atoms with Crippen LogP contribution < -0.4 is 10.6 Å². The molecule has 1 unspecified atom stereocenters. The summed E-state index contributed by atoms with van der Waals surface area (Å²) in [6.07, 6.45) is 2.92. The van der Waals surface area contributed by atoms with Gasteiger partial charge in [-0.3, -0.25) is 9.59 Å². The van der Waals surface area contributed by atoms with E-state index in [1.807, 2.05) is 31.2 Å². The molecule has 0 saturated heterocycles. The second kappa shape index (κ2) is 10.7. The standard InChI is InChI=1S/C27H32N2O5/c1-2-18(14-25(30)28-15-23(26(31)32)17-8-7-9-17)29-27(33)34-16-24-21-12-5-3-10-19(21)20-11-4-6-13-22(20)24/h3-6,10-13,17-18,23-24H,2,7-9,14-16H2,1H3,(H,28,30)(H,29,33)(H,31,32)/t18-,23?/m1/s1. The van der Waals surface area contributed by atoms with Gasteiger partial charge < -0.3 is 20.5 Å². The zero-order valence-electron chi connectivity index (χ0n) is 19.5. The van der Waals surface area contributed by atoms with Crippen molar-refractivity contribution in [2.75, 3.05) is 13.2 Å². The van der Waals surface area contributed by atoms with E-state index in [4.69, 9.17) is 4.74 Å². The molecule has 0 aliphatic heterocycles. The third-order valence-corrected chi connectivity index (χ3v) is 7.15. The van der Waals surface area contributed by atoms with Crippen LogP contribution in [0.5, 0.6) is 0 Å². The van der Waals surface area contributed by atoms with Crippen molar-refractivity contribution in [3.05, 3.63) is 59.7 Å². The fourth-order valence-electron chi connectivity index (χ4n) is 4.92. The number of aliphatic carboxylic acids is 1. The van der Waals surface area contributed by atoms with Gasteiger partial charge in [-0.25, -0.2) is 4.79 Å². The Morgan fingerprint density at radius 1 is 1.03 bits per heavy atom. The number of rotatable bonds is 10. The molecular weight excluding hydrogens is 432 g/mol. The van der Waals surface area contributed by atoms with Gasteiger partial charge in [0.2, 0.25) is 5.91 Å². The normalized spacial score (nSPS) is 16.5. The maximum absolute atomic E-state index is 12.5. The highest BCUT2D eigenvalue weighted by molar-refractivity contribution is 5.80. The zero-order valence-corrected chi connectivity index (χ0v) is 19.5. The number of carbonyl (C=O) groups is 3. The van der Waals surface area contributed by atoms with Crippen LogP contribution in [0.3, 0.4) is 0 Å². The highest BCUT2D eigenvalue weighted by Gasteiger charge is 2.33. The number of hydrogen-bond donors (Lipinski definition) is 3. The number of carbonyl (C=O) groups excluding carboxylic acids is 2. The minimum Gasteiger partial charge on any atom is -0.481 e. The SMILES string of the molecule is CC[C@H](CC(=O)NCC(C(=O)O)C1CCC1)NC(=O)OCC1c2ccccc2-c2ccccc21. The Bertz CT molecular complexity index is 1000. The number of ether oxygens (including phenoxy) is 1. The highest BCUT2D eigenvalue weighted by Crippen LogP contribution is 2.44. The van der Waals surface area contributed by atoms with Crippen LogP contribution in [-0.4, -0.2) is 42.3 Å². The quantitative estimate of drug-likeness (QED) is 0.486. The summed E-state index contributed by atoms with van der Waals surface area (Å²) in [5.74, 6) is -1.57.